The van der Waals surface area contributed by atoms with E-state index in [9.17, 15) is 24.3 Å². The lowest BCUT2D eigenvalue weighted by Gasteiger charge is -2.38. The first-order valence-electron chi connectivity index (χ1n) is 11.1. The molecule has 2 aliphatic heterocycles. The molecule has 178 valence electrons. The minimum absolute atomic E-state index is 0.269. The highest BCUT2D eigenvalue weighted by Crippen LogP contribution is 2.55. The van der Waals surface area contributed by atoms with E-state index in [1.807, 2.05) is 31.1 Å². The number of nitrogens with zero attached hydrogens (tertiary/aromatic N) is 3. The van der Waals surface area contributed by atoms with Gasteiger partial charge in [-0.05, 0) is 43.7 Å². The molecule has 4 amide bonds. The average molecular weight is 465 g/mol. The number of imide groups is 1. The number of nitrogens with one attached hydrogen (secondary N) is 1. The third-order valence-electron chi connectivity index (χ3n) is 6.82. The van der Waals surface area contributed by atoms with E-state index in [1.54, 1.807) is 49.4 Å². The first-order chi connectivity index (χ1) is 16.1. The summed E-state index contributed by atoms with van der Waals surface area (Å²) in [6.45, 7) is 3.35. The van der Waals surface area contributed by atoms with Crippen LogP contribution in [0, 0.1) is 11.8 Å². The number of aliphatic carboxylic acids is 1. The molecule has 4 atom stereocenters. The Balaban J connectivity index is 1.91. The molecule has 9 heteroatoms. The lowest BCUT2D eigenvalue weighted by Crippen LogP contribution is -2.59. The van der Waals surface area contributed by atoms with Gasteiger partial charge in [-0.25, -0.2) is 14.5 Å². The molecule has 2 aromatic rings. The van der Waals surface area contributed by atoms with Crippen LogP contribution in [0.1, 0.15) is 25.5 Å². The van der Waals surface area contributed by atoms with E-state index in [4.69, 9.17) is 0 Å². The zero-order valence-corrected chi connectivity index (χ0v) is 19.6. The topological polar surface area (TPSA) is 110 Å². The van der Waals surface area contributed by atoms with E-state index >= 15 is 0 Å². The number of para-hydroxylation sites is 1. The van der Waals surface area contributed by atoms with Crippen LogP contribution in [-0.2, 0) is 14.4 Å². The summed E-state index contributed by atoms with van der Waals surface area (Å²) in [4.78, 5) is 57.4. The van der Waals surface area contributed by atoms with Crippen molar-refractivity contribution in [2.24, 2.45) is 11.8 Å². The fraction of sp³-hybridized carbons (Fsp3) is 0.360. The highest BCUT2D eigenvalue weighted by Gasteiger charge is 2.71. The number of anilines is 2. The van der Waals surface area contributed by atoms with Crippen molar-refractivity contribution in [2.45, 2.75) is 25.4 Å². The van der Waals surface area contributed by atoms with E-state index in [-0.39, 0.29) is 6.54 Å². The maximum atomic E-state index is 13.7. The first kappa shape index (κ1) is 23.3. The minimum atomic E-state index is -1.93. The molecule has 2 heterocycles. The molecule has 4 rings (SSSR count). The van der Waals surface area contributed by atoms with E-state index in [0.717, 1.165) is 10.6 Å². The van der Waals surface area contributed by atoms with Crippen LogP contribution in [0.5, 0.6) is 0 Å². The molecule has 0 radical (unpaired) electrons. The third-order valence-corrected chi connectivity index (χ3v) is 6.82. The lowest BCUT2D eigenvalue weighted by molar-refractivity contribution is -0.152. The zero-order valence-electron chi connectivity index (χ0n) is 19.6. The van der Waals surface area contributed by atoms with E-state index in [0.29, 0.717) is 11.3 Å². The normalized spacial score (nSPS) is 25.9. The van der Waals surface area contributed by atoms with E-state index < -0.39 is 47.2 Å². The Kier molecular flexibility index (Phi) is 5.80. The van der Waals surface area contributed by atoms with Gasteiger partial charge in [0.2, 0.25) is 11.8 Å². The summed E-state index contributed by atoms with van der Waals surface area (Å²) in [5, 5.41) is 13.0. The van der Waals surface area contributed by atoms with Gasteiger partial charge in [0.15, 0.2) is 5.54 Å². The summed E-state index contributed by atoms with van der Waals surface area (Å²) in [5.41, 5.74) is -0.0483. The van der Waals surface area contributed by atoms with Gasteiger partial charge in [0.1, 0.15) is 0 Å². The molecular formula is C25H28N4O5. The molecule has 9 nitrogen and oxygen atoms in total. The second-order valence-corrected chi connectivity index (χ2v) is 8.94. The number of fused-ring (bicyclic) bond motifs is 1. The molecule has 2 aromatic carbocycles. The Morgan fingerprint density at radius 1 is 1.03 bits per heavy atom. The first-order valence-corrected chi connectivity index (χ1v) is 11.1. The van der Waals surface area contributed by atoms with Crippen molar-refractivity contribution >= 4 is 35.2 Å². The Hall–Kier alpha value is -3.88. The van der Waals surface area contributed by atoms with Crippen molar-refractivity contribution in [1.82, 2.24) is 10.2 Å². The molecule has 0 bridgehead atoms. The molecular weight excluding hydrogens is 436 g/mol. The van der Waals surface area contributed by atoms with Crippen LogP contribution in [0.15, 0.2) is 54.6 Å². The van der Waals surface area contributed by atoms with Crippen molar-refractivity contribution in [3.8, 4) is 0 Å². The van der Waals surface area contributed by atoms with Crippen LogP contribution in [-0.4, -0.2) is 60.0 Å². The molecule has 0 saturated carbocycles. The molecule has 2 fully saturated rings. The predicted molar refractivity (Wildman–Crippen MR) is 126 cm³/mol. The van der Waals surface area contributed by atoms with Gasteiger partial charge in [-0.1, -0.05) is 30.3 Å². The Morgan fingerprint density at radius 3 is 2.18 bits per heavy atom. The highest BCUT2D eigenvalue weighted by atomic mass is 16.4. The van der Waals surface area contributed by atoms with Gasteiger partial charge < -0.3 is 15.3 Å². The Labute approximate surface area is 197 Å². The maximum absolute atomic E-state index is 13.7. The zero-order chi connectivity index (χ0) is 24.8. The van der Waals surface area contributed by atoms with Gasteiger partial charge in [0, 0.05) is 26.3 Å². The van der Waals surface area contributed by atoms with Crippen molar-refractivity contribution in [3.05, 3.63) is 60.2 Å². The molecule has 0 aromatic heterocycles. The van der Waals surface area contributed by atoms with Gasteiger partial charge in [-0.2, -0.15) is 0 Å². The van der Waals surface area contributed by atoms with Crippen LogP contribution in [0.4, 0.5) is 16.2 Å². The van der Waals surface area contributed by atoms with Crippen molar-refractivity contribution in [2.75, 3.05) is 30.4 Å². The number of carboxylic acid groups (broad SMARTS) is 1. The molecule has 0 aliphatic carbocycles. The predicted octanol–water partition coefficient (Wildman–Crippen LogP) is 2.49. The maximum Gasteiger partial charge on any atom is 0.330 e. The number of urea groups is 1. The fourth-order valence-electron chi connectivity index (χ4n) is 5.17. The number of amides is 4. The van der Waals surface area contributed by atoms with Gasteiger partial charge in [-0.15, -0.1) is 0 Å². The largest absolute Gasteiger partial charge is 0.479 e. The van der Waals surface area contributed by atoms with Crippen LogP contribution >= 0.6 is 0 Å². The lowest BCUT2D eigenvalue weighted by atomic mass is 9.80. The fourth-order valence-corrected chi connectivity index (χ4v) is 5.17. The molecule has 2 N–H and O–H groups in total. The smallest absolute Gasteiger partial charge is 0.330 e. The summed E-state index contributed by atoms with van der Waals surface area (Å²) in [7, 11) is 3.78. The third kappa shape index (κ3) is 3.30. The SMILES string of the molecule is CCNC(=O)N1C(c2ccc(N(C)C)cc2)C2C(=O)N(c3ccccc3)C(=O)C2C1(C)C(=O)O. The van der Waals surface area contributed by atoms with Crippen molar-refractivity contribution in [1.29, 1.82) is 0 Å². The number of hydrogen-bond acceptors (Lipinski definition) is 5. The number of hydrogen-bond donors (Lipinski definition) is 2. The van der Waals surface area contributed by atoms with Crippen LogP contribution in [0.25, 0.3) is 0 Å². The van der Waals surface area contributed by atoms with Gasteiger partial charge in [-0.3, -0.25) is 14.5 Å². The quantitative estimate of drug-likeness (QED) is 0.658. The molecule has 0 spiro atoms. The summed E-state index contributed by atoms with van der Waals surface area (Å²) < 4.78 is 0. The van der Waals surface area contributed by atoms with Crippen LogP contribution in [0.3, 0.4) is 0 Å². The standard InChI is InChI=1S/C25H28N4O5/c1-5-26-24(34)29-20(15-11-13-16(14-12-15)27(3)4)18-19(25(29,2)23(32)33)22(31)28(21(18)30)17-9-7-6-8-10-17/h6-14,18-20H,5H2,1-4H3,(H,26,34)(H,32,33). The van der Waals surface area contributed by atoms with E-state index in [2.05, 4.69) is 5.32 Å². The number of carbonyl (C=O) groups excluding carboxylic acids is 3. The van der Waals surface area contributed by atoms with Crippen LogP contribution < -0.4 is 15.1 Å². The minimum Gasteiger partial charge on any atom is -0.479 e. The summed E-state index contributed by atoms with van der Waals surface area (Å²) in [5.74, 6) is -4.74. The molecule has 4 unspecified atom stereocenters. The second kappa shape index (κ2) is 8.48. The summed E-state index contributed by atoms with van der Waals surface area (Å²) in [6, 6.07) is 14.1. The molecule has 2 aliphatic rings. The summed E-state index contributed by atoms with van der Waals surface area (Å²) >= 11 is 0. The second-order valence-electron chi connectivity index (χ2n) is 8.94. The van der Waals surface area contributed by atoms with Crippen LogP contribution in [0.2, 0.25) is 0 Å². The number of rotatable bonds is 5. The number of carboxylic acids is 1. The summed E-state index contributed by atoms with van der Waals surface area (Å²) in [6.07, 6.45) is 0. The Bertz CT molecular complexity index is 1130. The van der Waals surface area contributed by atoms with Gasteiger partial charge >= 0.3 is 12.0 Å². The molecule has 34 heavy (non-hydrogen) atoms. The molecule has 2 saturated heterocycles. The Morgan fingerprint density at radius 2 is 1.65 bits per heavy atom. The number of carbonyl (C=O) groups is 4. The number of benzene rings is 2. The van der Waals surface area contributed by atoms with Crippen molar-refractivity contribution in [3.63, 3.8) is 0 Å². The van der Waals surface area contributed by atoms with Gasteiger partial charge in [0.05, 0.1) is 23.6 Å². The van der Waals surface area contributed by atoms with Crippen molar-refractivity contribution < 1.29 is 24.3 Å². The number of likely N-dealkylation sites (tertiary alicyclic amines) is 1. The van der Waals surface area contributed by atoms with Gasteiger partial charge in [0.25, 0.3) is 0 Å². The monoisotopic (exact) mass is 464 g/mol. The highest BCUT2D eigenvalue weighted by molar-refractivity contribution is 6.24. The average Bonchev–Trinajstić information content (AvgIpc) is 3.24. The van der Waals surface area contributed by atoms with E-state index in [1.165, 1.54) is 11.8 Å².